The average Bonchev–Trinajstić information content (AvgIpc) is 3.37. The largest absolute Gasteiger partial charge is 0.481 e. The third-order valence-corrected chi connectivity index (χ3v) is 7.02. The van der Waals surface area contributed by atoms with Crippen molar-refractivity contribution in [2.45, 2.75) is 71.4 Å². The van der Waals surface area contributed by atoms with Gasteiger partial charge in [0.25, 0.3) is 5.91 Å². The molecule has 1 N–H and O–H groups in total. The maximum Gasteiger partial charge on any atom is 0.261 e. The number of nitrogens with zero attached hydrogens (tertiary/aromatic N) is 1. The third-order valence-electron chi connectivity index (χ3n) is 7.02. The normalized spacial score (nSPS) is 19.1. The lowest BCUT2D eigenvalue weighted by Gasteiger charge is -2.39. The van der Waals surface area contributed by atoms with E-state index in [0.717, 1.165) is 49.8 Å². The van der Waals surface area contributed by atoms with Crippen molar-refractivity contribution in [1.29, 1.82) is 0 Å². The van der Waals surface area contributed by atoms with Crippen LogP contribution in [0.15, 0.2) is 42.5 Å². The molecule has 4 rings (SSSR count). The molecule has 0 bridgehead atoms. The summed E-state index contributed by atoms with van der Waals surface area (Å²) in [4.78, 5) is 28.0. The van der Waals surface area contributed by atoms with Gasteiger partial charge in [-0.15, -0.1) is 0 Å². The van der Waals surface area contributed by atoms with E-state index in [1.807, 2.05) is 19.9 Å². The number of nitrogens with one attached hydrogen (secondary N) is 1. The van der Waals surface area contributed by atoms with E-state index < -0.39 is 6.10 Å². The van der Waals surface area contributed by atoms with Gasteiger partial charge in [-0.3, -0.25) is 9.59 Å². The van der Waals surface area contributed by atoms with E-state index in [2.05, 4.69) is 53.5 Å². The zero-order chi connectivity index (χ0) is 23.4. The molecule has 0 unspecified atom stereocenters. The van der Waals surface area contributed by atoms with Crippen LogP contribution in [0.3, 0.4) is 0 Å². The number of likely N-dealkylation sites (N-methyl/N-ethyl adjacent to an activating group) is 1. The Bertz CT molecular complexity index is 979. The second kappa shape index (κ2) is 10.4. The Morgan fingerprint density at radius 3 is 2.48 bits per heavy atom. The van der Waals surface area contributed by atoms with Crippen molar-refractivity contribution < 1.29 is 14.3 Å². The van der Waals surface area contributed by atoms with Gasteiger partial charge in [-0.05, 0) is 68.4 Å². The molecule has 2 aliphatic rings. The predicted octanol–water partition coefficient (Wildman–Crippen LogP) is 4.95. The van der Waals surface area contributed by atoms with Gasteiger partial charge in [-0.25, -0.2) is 0 Å². The molecule has 0 saturated heterocycles. The van der Waals surface area contributed by atoms with Crippen molar-refractivity contribution in [2.24, 2.45) is 5.92 Å². The van der Waals surface area contributed by atoms with Crippen molar-refractivity contribution in [3.8, 4) is 5.75 Å². The minimum Gasteiger partial charge on any atom is -0.481 e. The number of amides is 2. The summed E-state index contributed by atoms with van der Waals surface area (Å²) < 4.78 is 6.13. The molecule has 0 radical (unpaired) electrons. The van der Waals surface area contributed by atoms with Crippen LogP contribution in [0.4, 0.5) is 0 Å². The first-order chi connectivity index (χ1) is 16.0. The molecule has 33 heavy (non-hydrogen) atoms. The molecule has 2 aromatic carbocycles. The number of fused-ring (bicyclic) bond motifs is 1. The highest BCUT2D eigenvalue weighted by Crippen LogP contribution is 2.40. The fourth-order valence-electron chi connectivity index (χ4n) is 5.19. The molecule has 0 spiro atoms. The second-order valence-electron chi connectivity index (χ2n) is 9.35. The van der Waals surface area contributed by atoms with Gasteiger partial charge in [0, 0.05) is 19.0 Å². The fraction of sp³-hybridized carbons (Fsp3) is 0.500. The molecule has 0 aromatic heterocycles. The standard InChI is InChI=1S/C28H36N2O3/c1-4-25(27(31)29-5-2)33-23-15-14-20-16-17-30(28(32)22-8-6-7-9-22)26(24(20)18-23)21-12-10-19(3)11-13-21/h10-15,18,22,25-26H,4-9,16-17H2,1-3H3,(H,29,31)/t25-,26-/m0/s1. The Labute approximate surface area is 197 Å². The number of hydrogen-bond acceptors (Lipinski definition) is 3. The summed E-state index contributed by atoms with van der Waals surface area (Å²) in [7, 11) is 0. The molecule has 2 atom stereocenters. The summed E-state index contributed by atoms with van der Waals surface area (Å²) in [6.07, 6.45) is 5.19. The van der Waals surface area contributed by atoms with Crippen LogP contribution >= 0.6 is 0 Å². The Balaban J connectivity index is 1.69. The maximum absolute atomic E-state index is 13.6. The van der Waals surface area contributed by atoms with Crippen LogP contribution < -0.4 is 10.1 Å². The Hall–Kier alpha value is -2.82. The molecule has 1 fully saturated rings. The van der Waals surface area contributed by atoms with Crippen LogP contribution in [0.2, 0.25) is 0 Å². The summed E-state index contributed by atoms with van der Waals surface area (Å²) in [6.45, 7) is 7.26. The Morgan fingerprint density at radius 1 is 1.09 bits per heavy atom. The van der Waals surface area contributed by atoms with Crippen LogP contribution in [0, 0.1) is 12.8 Å². The Morgan fingerprint density at radius 2 is 1.82 bits per heavy atom. The van der Waals surface area contributed by atoms with Crippen LogP contribution in [-0.4, -0.2) is 35.9 Å². The first-order valence-electron chi connectivity index (χ1n) is 12.5. The van der Waals surface area contributed by atoms with Crippen molar-refractivity contribution in [2.75, 3.05) is 13.1 Å². The van der Waals surface area contributed by atoms with Crippen molar-refractivity contribution >= 4 is 11.8 Å². The summed E-state index contributed by atoms with van der Waals surface area (Å²) in [5.41, 5.74) is 4.68. The molecule has 1 aliphatic heterocycles. The Kier molecular flexibility index (Phi) is 7.36. The van der Waals surface area contributed by atoms with Gasteiger partial charge in [0.15, 0.2) is 6.10 Å². The summed E-state index contributed by atoms with van der Waals surface area (Å²) in [5.74, 6) is 1.01. The second-order valence-corrected chi connectivity index (χ2v) is 9.35. The minimum absolute atomic E-state index is 0.0918. The SMILES string of the molecule is CCNC(=O)[C@H](CC)Oc1ccc2c(c1)[C@H](c1ccc(C)cc1)N(C(=O)C1CCCC1)CC2. The summed E-state index contributed by atoms with van der Waals surface area (Å²) in [6, 6.07) is 14.5. The van der Waals surface area contributed by atoms with Crippen LogP contribution in [0.1, 0.15) is 74.2 Å². The lowest BCUT2D eigenvalue weighted by molar-refractivity contribution is -0.137. The summed E-state index contributed by atoms with van der Waals surface area (Å²) >= 11 is 0. The highest BCUT2D eigenvalue weighted by molar-refractivity contribution is 5.81. The monoisotopic (exact) mass is 448 g/mol. The van der Waals surface area contributed by atoms with Crippen LogP contribution in [-0.2, 0) is 16.0 Å². The van der Waals surface area contributed by atoms with Crippen molar-refractivity contribution in [3.05, 3.63) is 64.7 Å². The maximum atomic E-state index is 13.6. The molecule has 2 amide bonds. The van der Waals surface area contributed by atoms with Gasteiger partial charge < -0.3 is 15.0 Å². The molecule has 176 valence electrons. The smallest absolute Gasteiger partial charge is 0.261 e. The van der Waals surface area contributed by atoms with Gasteiger partial charge in [-0.1, -0.05) is 55.7 Å². The van der Waals surface area contributed by atoms with E-state index in [4.69, 9.17) is 4.74 Å². The molecule has 2 aromatic rings. The molecule has 5 nitrogen and oxygen atoms in total. The molecule has 1 saturated carbocycles. The number of carbonyl (C=O) groups is 2. The first kappa shape index (κ1) is 23.3. The molecule has 5 heteroatoms. The summed E-state index contributed by atoms with van der Waals surface area (Å²) in [5, 5.41) is 2.86. The number of rotatable bonds is 7. The van der Waals surface area contributed by atoms with E-state index in [-0.39, 0.29) is 23.8 Å². The fourth-order valence-corrected chi connectivity index (χ4v) is 5.19. The average molecular weight is 449 g/mol. The number of ether oxygens (including phenoxy) is 1. The van der Waals surface area contributed by atoms with Crippen molar-refractivity contribution in [3.63, 3.8) is 0 Å². The molecular weight excluding hydrogens is 412 g/mol. The van der Waals surface area contributed by atoms with E-state index in [1.165, 1.54) is 11.1 Å². The first-order valence-corrected chi connectivity index (χ1v) is 12.5. The predicted molar refractivity (Wildman–Crippen MR) is 130 cm³/mol. The van der Waals surface area contributed by atoms with Crippen molar-refractivity contribution in [1.82, 2.24) is 10.2 Å². The molecule has 1 aliphatic carbocycles. The minimum atomic E-state index is -0.527. The van der Waals surface area contributed by atoms with E-state index in [1.54, 1.807) is 0 Å². The number of benzene rings is 2. The lowest BCUT2D eigenvalue weighted by Crippen LogP contribution is -2.43. The highest BCUT2D eigenvalue weighted by Gasteiger charge is 2.36. The third kappa shape index (κ3) is 5.07. The van der Waals surface area contributed by atoms with Gasteiger partial charge in [0.2, 0.25) is 5.91 Å². The number of carbonyl (C=O) groups excluding carboxylic acids is 2. The van der Waals surface area contributed by atoms with E-state index in [0.29, 0.717) is 18.7 Å². The lowest BCUT2D eigenvalue weighted by atomic mass is 9.86. The van der Waals surface area contributed by atoms with Gasteiger partial charge >= 0.3 is 0 Å². The quantitative estimate of drug-likeness (QED) is 0.652. The zero-order valence-electron chi connectivity index (χ0n) is 20.1. The van der Waals surface area contributed by atoms with Gasteiger partial charge in [0.1, 0.15) is 5.75 Å². The van der Waals surface area contributed by atoms with Gasteiger partial charge in [0.05, 0.1) is 6.04 Å². The highest BCUT2D eigenvalue weighted by atomic mass is 16.5. The number of aryl methyl sites for hydroxylation is 1. The number of hydrogen-bond donors (Lipinski definition) is 1. The topological polar surface area (TPSA) is 58.6 Å². The molecule has 1 heterocycles. The molecular formula is C28H36N2O3. The van der Waals surface area contributed by atoms with Crippen LogP contribution in [0.5, 0.6) is 5.75 Å². The zero-order valence-corrected chi connectivity index (χ0v) is 20.1. The van der Waals surface area contributed by atoms with Crippen LogP contribution in [0.25, 0.3) is 0 Å². The van der Waals surface area contributed by atoms with Gasteiger partial charge in [-0.2, -0.15) is 0 Å². The van der Waals surface area contributed by atoms with E-state index >= 15 is 0 Å². The van der Waals surface area contributed by atoms with E-state index in [9.17, 15) is 9.59 Å².